The number of hydrogen-bond donors (Lipinski definition) is 0. The largest absolute Gasteiger partial charge is 0.298 e. The van der Waals surface area contributed by atoms with Gasteiger partial charge in [0.2, 0.25) is 0 Å². The number of benzene rings is 1. The number of halogens is 1. The monoisotopic (exact) mass is 226 g/mol. The summed E-state index contributed by atoms with van der Waals surface area (Å²) in [7, 11) is 0. The standard InChI is InChI=1S/C10H7FOS2/c1-13-9-4-7-2-6(5-12)3-8(11)10(7)14-9/h2-5H,1H3. The molecule has 0 bridgehead atoms. The summed E-state index contributed by atoms with van der Waals surface area (Å²) in [5.41, 5.74) is 0.389. The van der Waals surface area contributed by atoms with Crippen molar-refractivity contribution in [2.45, 2.75) is 4.21 Å². The van der Waals surface area contributed by atoms with Crippen LogP contribution in [0.3, 0.4) is 0 Å². The molecule has 72 valence electrons. The van der Waals surface area contributed by atoms with Crippen molar-refractivity contribution in [3.63, 3.8) is 0 Å². The van der Waals surface area contributed by atoms with Crippen LogP contribution in [0.5, 0.6) is 0 Å². The molecule has 0 amide bonds. The van der Waals surface area contributed by atoms with Crippen LogP contribution in [0.4, 0.5) is 4.39 Å². The summed E-state index contributed by atoms with van der Waals surface area (Å²) in [6, 6.07) is 4.89. The quantitative estimate of drug-likeness (QED) is 0.575. The second kappa shape index (κ2) is 3.71. The van der Waals surface area contributed by atoms with Crippen molar-refractivity contribution >= 4 is 39.5 Å². The van der Waals surface area contributed by atoms with Gasteiger partial charge in [-0.1, -0.05) is 0 Å². The molecule has 2 aromatic rings. The maximum absolute atomic E-state index is 13.4. The molecule has 0 fully saturated rings. The van der Waals surface area contributed by atoms with Gasteiger partial charge in [-0.15, -0.1) is 23.1 Å². The van der Waals surface area contributed by atoms with Crippen LogP contribution in [0.1, 0.15) is 10.4 Å². The fraction of sp³-hybridized carbons (Fsp3) is 0.100. The van der Waals surface area contributed by atoms with Crippen LogP contribution in [0.2, 0.25) is 0 Å². The zero-order chi connectivity index (χ0) is 10.1. The highest BCUT2D eigenvalue weighted by Gasteiger charge is 2.07. The predicted molar refractivity (Wildman–Crippen MR) is 59.0 cm³/mol. The van der Waals surface area contributed by atoms with Crippen LogP contribution < -0.4 is 0 Å². The molecule has 1 heterocycles. The average molecular weight is 226 g/mol. The molecule has 0 unspecified atom stereocenters. The van der Waals surface area contributed by atoms with Gasteiger partial charge in [0.1, 0.15) is 12.1 Å². The van der Waals surface area contributed by atoms with Crippen LogP contribution in [0.15, 0.2) is 22.4 Å². The molecule has 0 aliphatic rings. The van der Waals surface area contributed by atoms with Crippen LogP contribution in [0, 0.1) is 5.82 Å². The van der Waals surface area contributed by atoms with E-state index in [4.69, 9.17) is 0 Å². The Bertz CT molecular complexity index is 490. The number of carbonyl (C=O) groups excluding carboxylic acids is 1. The zero-order valence-electron chi connectivity index (χ0n) is 7.41. The molecule has 1 nitrogen and oxygen atoms in total. The highest BCUT2D eigenvalue weighted by Crippen LogP contribution is 2.33. The highest BCUT2D eigenvalue weighted by atomic mass is 32.2. The Balaban J connectivity index is 2.73. The van der Waals surface area contributed by atoms with Crippen LogP contribution >= 0.6 is 23.1 Å². The SMILES string of the molecule is CSc1cc2cc(C=O)cc(F)c2s1. The molecule has 4 heteroatoms. The van der Waals surface area contributed by atoms with Crippen molar-refractivity contribution in [3.05, 3.63) is 29.6 Å². The minimum absolute atomic E-state index is 0.310. The lowest BCUT2D eigenvalue weighted by Gasteiger charge is -1.93. The number of carbonyl (C=O) groups is 1. The normalized spacial score (nSPS) is 10.7. The van der Waals surface area contributed by atoms with Crippen molar-refractivity contribution < 1.29 is 9.18 Å². The Morgan fingerprint density at radius 3 is 2.86 bits per heavy atom. The van der Waals surface area contributed by atoms with E-state index >= 15 is 0 Å². The van der Waals surface area contributed by atoms with E-state index in [1.54, 1.807) is 17.8 Å². The molecular weight excluding hydrogens is 219 g/mol. The first-order valence-electron chi connectivity index (χ1n) is 3.97. The molecule has 2 rings (SSSR count). The fourth-order valence-corrected chi connectivity index (χ4v) is 2.88. The summed E-state index contributed by atoms with van der Waals surface area (Å²) < 4.78 is 15.1. The molecule has 0 N–H and O–H groups in total. The number of fused-ring (bicyclic) bond motifs is 1. The van der Waals surface area contributed by atoms with Gasteiger partial charge in [-0.2, -0.15) is 0 Å². The highest BCUT2D eigenvalue weighted by molar-refractivity contribution is 8.00. The number of rotatable bonds is 2. The van der Waals surface area contributed by atoms with Crippen molar-refractivity contribution in [2.24, 2.45) is 0 Å². The summed E-state index contributed by atoms with van der Waals surface area (Å²) in [6.07, 6.45) is 2.61. The number of thiophene rings is 1. The van der Waals surface area contributed by atoms with E-state index in [9.17, 15) is 9.18 Å². The van der Waals surface area contributed by atoms with Crippen LogP contribution in [-0.2, 0) is 0 Å². The third-order valence-corrected chi connectivity index (χ3v) is 4.13. The van der Waals surface area contributed by atoms with E-state index < -0.39 is 0 Å². The van der Waals surface area contributed by atoms with Crippen molar-refractivity contribution in [2.75, 3.05) is 6.26 Å². The molecule has 0 aliphatic heterocycles. The summed E-state index contributed by atoms with van der Waals surface area (Å²) in [6.45, 7) is 0. The molecule has 1 aromatic heterocycles. The molecular formula is C10H7FOS2. The zero-order valence-corrected chi connectivity index (χ0v) is 9.05. The Hall–Kier alpha value is -0.870. The first kappa shape index (κ1) is 9.68. The second-order valence-corrected chi connectivity index (χ2v) is 4.97. The Morgan fingerprint density at radius 2 is 2.21 bits per heavy atom. The van der Waals surface area contributed by atoms with Gasteiger partial charge in [0.05, 0.1) is 8.91 Å². The Kier molecular flexibility index (Phi) is 2.56. The van der Waals surface area contributed by atoms with E-state index in [-0.39, 0.29) is 5.82 Å². The van der Waals surface area contributed by atoms with Crippen LogP contribution in [0.25, 0.3) is 10.1 Å². The summed E-state index contributed by atoms with van der Waals surface area (Å²) >= 11 is 3.00. The first-order valence-corrected chi connectivity index (χ1v) is 6.01. The van der Waals surface area contributed by atoms with Crippen LogP contribution in [-0.4, -0.2) is 12.5 Å². The summed E-state index contributed by atoms with van der Waals surface area (Å²) in [5.74, 6) is -0.310. The molecule has 0 spiro atoms. The number of hydrogen-bond acceptors (Lipinski definition) is 3. The summed E-state index contributed by atoms with van der Waals surface area (Å²) in [4.78, 5) is 10.5. The van der Waals surface area contributed by atoms with Gasteiger partial charge < -0.3 is 0 Å². The molecule has 0 saturated heterocycles. The first-order chi connectivity index (χ1) is 6.74. The Morgan fingerprint density at radius 1 is 1.43 bits per heavy atom. The van der Waals surface area contributed by atoms with E-state index in [1.165, 1.54) is 17.4 Å². The Labute approximate surface area is 88.9 Å². The van der Waals surface area contributed by atoms with E-state index in [2.05, 4.69) is 0 Å². The van der Waals surface area contributed by atoms with Gasteiger partial charge in [-0.3, -0.25) is 4.79 Å². The van der Waals surface area contributed by atoms with Crippen molar-refractivity contribution in [1.29, 1.82) is 0 Å². The van der Waals surface area contributed by atoms with Crippen molar-refractivity contribution in [3.8, 4) is 0 Å². The van der Waals surface area contributed by atoms with E-state index in [0.717, 1.165) is 9.60 Å². The van der Waals surface area contributed by atoms with Gasteiger partial charge in [-0.05, 0) is 29.8 Å². The van der Waals surface area contributed by atoms with Gasteiger partial charge in [-0.25, -0.2) is 4.39 Å². The predicted octanol–water partition coefficient (Wildman–Crippen LogP) is 3.57. The third kappa shape index (κ3) is 1.55. The second-order valence-electron chi connectivity index (χ2n) is 2.81. The molecule has 1 aromatic carbocycles. The maximum atomic E-state index is 13.4. The molecule has 0 radical (unpaired) electrons. The maximum Gasteiger partial charge on any atom is 0.150 e. The topological polar surface area (TPSA) is 17.1 Å². The molecule has 14 heavy (non-hydrogen) atoms. The average Bonchev–Trinajstić information content (AvgIpc) is 2.61. The summed E-state index contributed by atoms with van der Waals surface area (Å²) in [5, 5.41) is 0.807. The minimum Gasteiger partial charge on any atom is -0.298 e. The molecule has 0 atom stereocenters. The third-order valence-electron chi connectivity index (χ3n) is 1.91. The molecule has 0 aliphatic carbocycles. The van der Waals surface area contributed by atoms with Gasteiger partial charge in [0.25, 0.3) is 0 Å². The fourth-order valence-electron chi connectivity index (χ4n) is 1.28. The number of thioether (sulfide) groups is 1. The number of aldehydes is 1. The smallest absolute Gasteiger partial charge is 0.150 e. The minimum atomic E-state index is -0.310. The lowest BCUT2D eigenvalue weighted by atomic mass is 10.2. The lowest BCUT2D eigenvalue weighted by molar-refractivity contribution is 0.112. The van der Waals surface area contributed by atoms with E-state index in [0.29, 0.717) is 16.5 Å². The van der Waals surface area contributed by atoms with Gasteiger partial charge in [0, 0.05) is 5.56 Å². The van der Waals surface area contributed by atoms with Gasteiger partial charge >= 0.3 is 0 Å². The van der Waals surface area contributed by atoms with Crippen molar-refractivity contribution in [1.82, 2.24) is 0 Å². The van der Waals surface area contributed by atoms with Gasteiger partial charge in [0.15, 0.2) is 0 Å². The lowest BCUT2D eigenvalue weighted by Crippen LogP contribution is -1.81. The van der Waals surface area contributed by atoms with E-state index in [1.807, 2.05) is 12.3 Å². The molecule has 0 saturated carbocycles.